The van der Waals surface area contributed by atoms with Gasteiger partial charge in [0.05, 0.1) is 11.0 Å². The molecule has 0 unspecified atom stereocenters. The van der Waals surface area contributed by atoms with Crippen LogP contribution in [-0.4, -0.2) is 15.5 Å². The van der Waals surface area contributed by atoms with Crippen molar-refractivity contribution in [1.29, 1.82) is 0 Å². The normalized spacial score (nSPS) is 11.9. The number of benzene rings is 1. The summed E-state index contributed by atoms with van der Waals surface area (Å²) in [4.78, 5) is 26.5. The zero-order valence-corrected chi connectivity index (χ0v) is 9.57. The lowest BCUT2D eigenvalue weighted by Gasteiger charge is -2.16. The molecule has 0 saturated carbocycles. The Bertz CT molecular complexity index is 599. The van der Waals surface area contributed by atoms with E-state index in [2.05, 4.69) is 4.98 Å². The molecular formula is C12H14N2O2. The summed E-state index contributed by atoms with van der Waals surface area (Å²) < 4.78 is 1.20. The molecule has 84 valence electrons. The topological polar surface area (TPSA) is 54.9 Å². The van der Waals surface area contributed by atoms with E-state index in [1.54, 1.807) is 32.9 Å². The van der Waals surface area contributed by atoms with Gasteiger partial charge in [0.15, 0.2) is 0 Å². The maximum absolute atomic E-state index is 12.1. The van der Waals surface area contributed by atoms with Crippen molar-refractivity contribution < 1.29 is 4.79 Å². The van der Waals surface area contributed by atoms with Gasteiger partial charge in [-0.15, -0.1) is 0 Å². The first-order valence-corrected chi connectivity index (χ1v) is 5.16. The van der Waals surface area contributed by atoms with Crippen LogP contribution in [0.4, 0.5) is 0 Å². The van der Waals surface area contributed by atoms with E-state index in [1.807, 2.05) is 12.1 Å². The Balaban J connectivity index is 2.74. The monoisotopic (exact) mass is 218 g/mol. The van der Waals surface area contributed by atoms with Crippen LogP contribution in [0.3, 0.4) is 0 Å². The van der Waals surface area contributed by atoms with Gasteiger partial charge in [-0.05, 0) is 12.1 Å². The quantitative estimate of drug-likeness (QED) is 0.735. The molecule has 4 heteroatoms. The molecule has 4 nitrogen and oxygen atoms in total. The first-order valence-electron chi connectivity index (χ1n) is 5.16. The number of H-pyrrole nitrogens is 1. The molecule has 1 aromatic carbocycles. The van der Waals surface area contributed by atoms with E-state index in [-0.39, 0.29) is 11.6 Å². The number of aromatic nitrogens is 2. The van der Waals surface area contributed by atoms with Gasteiger partial charge in [0.25, 0.3) is 0 Å². The first-order chi connectivity index (χ1) is 7.41. The molecule has 1 heterocycles. The van der Waals surface area contributed by atoms with Crippen LogP contribution in [0.25, 0.3) is 11.0 Å². The van der Waals surface area contributed by atoms with Crippen LogP contribution in [0, 0.1) is 5.41 Å². The maximum atomic E-state index is 12.1. The van der Waals surface area contributed by atoms with Gasteiger partial charge in [-0.1, -0.05) is 32.9 Å². The third kappa shape index (κ3) is 1.56. The van der Waals surface area contributed by atoms with Gasteiger partial charge in [-0.25, -0.2) is 9.36 Å². The molecular weight excluding hydrogens is 204 g/mol. The number of nitrogens with one attached hydrogen (secondary N) is 1. The fraction of sp³-hybridized carbons (Fsp3) is 0.333. The van der Waals surface area contributed by atoms with Crippen molar-refractivity contribution in [2.24, 2.45) is 5.41 Å². The van der Waals surface area contributed by atoms with Crippen LogP contribution in [0.2, 0.25) is 0 Å². The first kappa shape index (κ1) is 10.7. The van der Waals surface area contributed by atoms with Crippen molar-refractivity contribution in [3.8, 4) is 0 Å². The number of rotatable bonds is 0. The van der Waals surface area contributed by atoms with E-state index in [4.69, 9.17) is 0 Å². The van der Waals surface area contributed by atoms with Gasteiger partial charge >= 0.3 is 5.69 Å². The molecule has 0 saturated heterocycles. The second-order valence-electron chi connectivity index (χ2n) is 4.84. The summed E-state index contributed by atoms with van der Waals surface area (Å²) in [7, 11) is 0. The highest BCUT2D eigenvalue weighted by atomic mass is 16.2. The molecule has 0 amide bonds. The van der Waals surface area contributed by atoms with E-state index in [1.165, 1.54) is 4.57 Å². The van der Waals surface area contributed by atoms with Crippen LogP contribution >= 0.6 is 0 Å². The smallest absolute Gasteiger partial charge is 0.305 e. The number of imidazole rings is 1. The molecule has 2 rings (SSSR count). The largest absolute Gasteiger partial charge is 0.333 e. The lowest BCUT2D eigenvalue weighted by Crippen LogP contribution is -2.33. The van der Waals surface area contributed by atoms with E-state index in [9.17, 15) is 9.59 Å². The Morgan fingerprint density at radius 1 is 1.25 bits per heavy atom. The lowest BCUT2D eigenvalue weighted by molar-refractivity contribution is 0.0768. The van der Waals surface area contributed by atoms with Crippen LogP contribution < -0.4 is 5.69 Å². The minimum Gasteiger partial charge on any atom is -0.305 e. The number of fused-ring (bicyclic) bond motifs is 1. The van der Waals surface area contributed by atoms with Crippen molar-refractivity contribution in [3.05, 3.63) is 34.7 Å². The molecule has 0 aliphatic rings. The number of carbonyl (C=O) groups is 1. The summed E-state index contributed by atoms with van der Waals surface area (Å²) in [6.07, 6.45) is 0. The number of hydrogen-bond donors (Lipinski definition) is 1. The molecule has 0 aliphatic heterocycles. The summed E-state index contributed by atoms with van der Waals surface area (Å²) >= 11 is 0. The average molecular weight is 218 g/mol. The maximum Gasteiger partial charge on any atom is 0.333 e. The molecule has 0 radical (unpaired) electrons. The van der Waals surface area contributed by atoms with Crippen LogP contribution in [0.1, 0.15) is 25.6 Å². The van der Waals surface area contributed by atoms with Gasteiger partial charge in [0.1, 0.15) is 0 Å². The number of carbonyl (C=O) groups excluding carboxylic acids is 1. The van der Waals surface area contributed by atoms with Crippen LogP contribution in [-0.2, 0) is 0 Å². The Kier molecular flexibility index (Phi) is 2.22. The summed E-state index contributed by atoms with van der Waals surface area (Å²) in [6, 6.07) is 7.17. The van der Waals surface area contributed by atoms with Crippen molar-refractivity contribution in [2.45, 2.75) is 20.8 Å². The van der Waals surface area contributed by atoms with Gasteiger partial charge in [0.2, 0.25) is 5.91 Å². The van der Waals surface area contributed by atoms with Crippen molar-refractivity contribution in [2.75, 3.05) is 0 Å². The van der Waals surface area contributed by atoms with Crippen molar-refractivity contribution >= 4 is 16.9 Å². The van der Waals surface area contributed by atoms with E-state index in [0.29, 0.717) is 11.0 Å². The third-order valence-corrected chi connectivity index (χ3v) is 2.43. The molecule has 0 spiro atoms. The van der Waals surface area contributed by atoms with Crippen molar-refractivity contribution in [3.63, 3.8) is 0 Å². The predicted octanol–water partition coefficient (Wildman–Crippen LogP) is 2.02. The van der Waals surface area contributed by atoms with Crippen molar-refractivity contribution in [1.82, 2.24) is 9.55 Å². The fourth-order valence-corrected chi connectivity index (χ4v) is 1.59. The Labute approximate surface area is 92.9 Å². The Hall–Kier alpha value is -1.84. The molecule has 1 N–H and O–H groups in total. The number of aromatic amines is 1. The third-order valence-electron chi connectivity index (χ3n) is 2.43. The van der Waals surface area contributed by atoms with E-state index < -0.39 is 5.41 Å². The van der Waals surface area contributed by atoms with Crippen LogP contribution in [0.5, 0.6) is 0 Å². The highest BCUT2D eigenvalue weighted by molar-refractivity contribution is 5.92. The number of nitrogens with zero attached hydrogens (tertiary/aromatic N) is 1. The summed E-state index contributed by atoms with van der Waals surface area (Å²) in [5.74, 6) is -0.199. The van der Waals surface area contributed by atoms with E-state index in [0.717, 1.165) is 0 Å². The standard InChI is InChI=1S/C12H14N2O2/c1-12(2,3)10(15)14-9-7-5-4-6-8(9)13-11(14)16/h4-7H,1-3H3,(H,13,16). The second kappa shape index (κ2) is 3.33. The molecule has 0 bridgehead atoms. The zero-order chi connectivity index (χ0) is 11.9. The van der Waals surface area contributed by atoms with Gasteiger partial charge in [-0.3, -0.25) is 4.79 Å². The SMILES string of the molecule is CC(C)(C)C(=O)n1c(=O)[nH]c2ccccc21. The summed E-state index contributed by atoms with van der Waals surface area (Å²) in [6.45, 7) is 5.39. The highest BCUT2D eigenvalue weighted by Crippen LogP contribution is 2.18. The average Bonchev–Trinajstić information content (AvgIpc) is 2.51. The van der Waals surface area contributed by atoms with Gasteiger partial charge < -0.3 is 4.98 Å². The summed E-state index contributed by atoms with van der Waals surface area (Å²) in [5.41, 5.74) is 0.369. The minimum absolute atomic E-state index is 0.199. The Morgan fingerprint density at radius 2 is 1.88 bits per heavy atom. The highest BCUT2D eigenvalue weighted by Gasteiger charge is 2.26. The lowest BCUT2D eigenvalue weighted by atomic mass is 9.95. The van der Waals surface area contributed by atoms with E-state index >= 15 is 0 Å². The molecule has 0 fully saturated rings. The molecule has 0 aliphatic carbocycles. The van der Waals surface area contributed by atoms with Gasteiger partial charge in [-0.2, -0.15) is 0 Å². The summed E-state index contributed by atoms with van der Waals surface area (Å²) in [5, 5.41) is 0. The predicted molar refractivity (Wildman–Crippen MR) is 62.6 cm³/mol. The second-order valence-corrected chi connectivity index (χ2v) is 4.84. The number of hydrogen-bond acceptors (Lipinski definition) is 2. The Morgan fingerprint density at radius 3 is 2.50 bits per heavy atom. The molecule has 2 aromatic rings. The molecule has 0 atom stereocenters. The fourth-order valence-electron chi connectivity index (χ4n) is 1.59. The zero-order valence-electron chi connectivity index (χ0n) is 9.57. The molecule has 16 heavy (non-hydrogen) atoms. The minimum atomic E-state index is -0.575. The molecule has 1 aromatic heterocycles. The van der Waals surface area contributed by atoms with Crippen LogP contribution in [0.15, 0.2) is 29.1 Å². The van der Waals surface area contributed by atoms with Gasteiger partial charge in [0, 0.05) is 5.41 Å². The number of para-hydroxylation sites is 2.